The number of nitrogens with zero attached hydrogens (tertiary/aromatic N) is 2. The molecule has 0 bridgehead atoms. The van der Waals surface area contributed by atoms with Gasteiger partial charge in [0.15, 0.2) is 0 Å². The third kappa shape index (κ3) is 2.62. The first-order chi connectivity index (χ1) is 12.7. The molecule has 1 atom stereocenters. The van der Waals surface area contributed by atoms with Crippen molar-refractivity contribution in [3.05, 3.63) is 71.9 Å². The molecule has 0 unspecified atom stereocenters. The summed E-state index contributed by atoms with van der Waals surface area (Å²) in [5.41, 5.74) is 3.76. The molecule has 26 heavy (non-hydrogen) atoms. The summed E-state index contributed by atoms with van der Waals surface area (Å²) >= 11 is 0. The van der Waals surface area contributed by atoms with E-state index in [1.807, 2.05) is 60.8 Å². The second kappa shape index (κ2) is 6.79. The average molecular weight is 346 g/mol. The van der Waals surface area contributed by atoms with Crippen LogP contribution >= 0.6 is 0 Å². The maximum atomic E-state index is 13.0. The smallest absolute Gasteiger partial charge is 0.258 e. The Morgan fingerprint density at radius 3 is 2.38 bits per heavy atom. The Morgan fingerprint density at radius 2 is 1.62 bits per heavy atom. The van der Waals surface area contributed by atoms with Gasteiger partial charge in [0.1, 0.15) is 5.92 Å². The van der Waals surface area contributed by atoms with Crippen molar-refractivity contribution in [2.75, 3.05) is 5.01 Å². The first-order valence-electron chi connectivity index (χ1n) is 9.26. The molecule has 0 aliphatic carbocycles. The van der Waals surface area contributed by atoms with Crippen molar-refractivity contribution < 1.29 is 9.59 Å². The topological polar surface area (TPSA) is 40.6 Å². The first kappa shape index (κ1) is 16.6. The van der Waals surface area contributed by atoms with Crippen molar-refractivity contribution in [3.8, 4) is 0 Å². The van der Waals surface area contributed by atoms with Crippen LogP contribution in [-0.2, 0) is 9.59 Å². The van der Waals surface area contributed by atoms with E-state index < -0.39 is 5.92 Å². The zero-order valence-electron chi connectivity index (χ0n) is 14.9. The number of unbranched alkanes of at least 4 members (excludes halogenated alkanes) is 2. The number of anilines is 1. The molecule has 0 spiro atoms. The number of fused-ring (bicyclic) bond motifs is 3. The molecule has 0 radical (unpaired) electrons. The fourth-order valence-electron chi connectivity index (χ4n) is 3.74. The standard InChI is InChI=1S/C22H22N2O2/c1-2-3-5-13-18-21(25)23-15-19(16-10-6-4-7-11-16)17-12-8-9-14-20(17)24(23)22(18)26/h4,6-12,14-15,18H,2-3,5,13H2,1H3/t18-/m1/s1. The van der Waals surface area contributed by atoms with Crippen molar-refractivity contribution in [1.82, 2.24) is 5.01 Å². The third-order valence-electron chi connectivity index (χ3n) is 5.10. The van der Waals surface area contributed by atoms with E-state index >= 15 is 0 Å². The predicted molar refractivity (Wildman–Crippen MR) is 102 cm³/mol. The van der Waals surface area contributed by atoms with Crippen molar-refractivity contribution in [3.63, 3.8) is 0 Å². The molecule has 4 rings (SSSR count). The number of rotatable bonds is 5. The third-order valence-corrected chi connectivity index (χ3v) is 5.10. The molecule has 2 aliphatic rings. The molecule has 4 heteroatoms. The lowest BCUT2D eigenvalue weighted by atomic mass is 9.96. The minimum Gasteiger partial charge on any atom is -0.272 e. The van der Waals surface area contributed by atoms with Gasteiger partial charge < -0.3 is 0 Å². The normalized spacial score (nSPS) is 18.7. The van der Waals surface area contributed by atoms with Crippen LogP contribution in [0.5, 0.6) is 0 Å². The second-order valence-electron chi connectivity index (χ2n) is 6.81. The number of carbonyl (C=O) groups excluding carboxylic acids is 2. The van der Waals surface area contributed by atoms with Crippen LogP contribution in [0, 0.1) is 5.92 Å². The van der Waals surface area contributed by atoms with Gasteiger partial charge in [-0.05, 0) is 18.1 Å². The van der Waals surface area contributed by atoms with Crippen molar-refractivity contribution in [2.24, 2.45) is 5.92 Å². The number of carbonyl (C=O) groups is 2. The zero-order valence-corrected chi connectivity index (χ0v) is 14.9. The van der Waals surface area contributed by atoms with E-state index in [9.17, 15) is 9.59 Å². The van der Waals surface area contributed by atoms with Crippen LogP contribution in [0.4, 0.5) is 5.69 Å². The first-order valence-corrected chi connectivity index (χ1v) is 9.26. The summed E-state index contributed by atoms with van der Waals surface area (Å²) < 4.78 is 0. The molecule has 0 aromatic heterocycles. The van der Waals surface area contributed by atoms with Gasteiger partial charge >= 0.3 is 0 Å². The maximum absolute atomic E-state index is 13.0. The minimum absolute atomic E-state index is 0.109. The van der Waals surface area contributed by atoms with E-state index in [0.717, 1.165) is 41.6 Å². The van der Waals surface area contributed by atoms with Gasteiger partial charge in [-0.15, -0.1) is 0 Å². The highest BCUT2D eigenvalue weighted by Gasteiger charge is 2.47. The number of hydrogen-bond donors (Lipinski definition) is 0. The van der Waals surface area contributed by atoms with E-state index in [-0.39, 0.29) is 11.8 Å². The Bertz CT molecular complexity index is 873. The van der Waals surface area contributed by atoms with Gasteiger partial charge in [-0.25, -0.2) is 10.0 Å². The molecule has 0 N–H and O–H groups in total. The lowest BCUT2D eigenvalue weighted by molar-refractivity contribution is -0.131. The van der Waals surface area contributed by atoms with E-state index in [4.69, 9.17) is 0 Å². The Balaban J connectivity index is 1.77. The largest absolute Gasteiger partial charge is 0.272 e. The minimum atomic E-state index is -0.569. The number of hydrazine groups is 1. The van der Waals surface area contributed by atoms with Crippen LogP contribution in [0.2, 0.25) is 0 Å². The monoisotopic (exact) mass is 346 g/mol. The van der Waals surface area contributed by atoms with E-state index in [1.165, 1.54) is 5.01 Å². The summed E-state index contributed by atoms with van der Waals surface area (Å²) in [5.74, 6) is -0.795. The quantitative estimate of drug-likeness (QED) is 0.595. The maximum Gasteiger partial charge on any atom is 0.258 e. The SMILES string of the molecule is CCCCC[C@@H]1C(=O)N2C=C(c3ccccc3)c3ccccc3N2C1=O. The fraction of sp³-hybridized carbons (Fsp3) is 0.273. The average Bonchev–Trinajstić information content (AvgIpc) is 2.93. The number of para-hydroxylation sites is 1. The fourth-order valence-corrected chi connectivity index (χ4v) is 3.74. The Morgan fingerprint density at radius 1 is 0.885 bits per heavy atom. The van der Waals surface area contributed by atoms with Crippen molar-refractivity contribution >= 4 is 23.1 Å². The highest BCUT2D eigenvalue weighted by Crippen LogP contribution is 2.41. The van der Waals surface area contributed by atoms with Gasteiger partial charge in [-0.2, -0.15) is 0 Å². The summed E-state index contributed by atoms with van der Waals surface area (Å²) in [7, 11) is 0. The van der Waals surface area contributed by atoms with E-state index in [2.05, 4.69) is 6.92 Å². The number of hydrogen-bond acceptors (Lipinski definition) is 2. The molecule has 2 aromatic rings. The molecule has 2 aromatic carbocycles. The molecule has 1 fully saturated rings. The van der Waals surface area contributed by atoms with Crippen LogP contribution in [0.1, 0.15) is 43.7 Å². The van der Waals surface area contributed by atoms with Crippen LogP contribution in [0.15, 0.2) is 60.8 Å². The lowest BCUT2D eigenvalue weighted by Crippen LogP contribution is -2.40. The molecule has 4 nitrogen and oxygen atoms in total. The Hall–Kier alpha value is -2.88. The number of amides is 2. The van der Waals surface area contributed by atoms with Gasteiger partial charge in [0, 0.05) is 17.3 Å². The van der Waals surface area contributed by atoms with Gasteiger partial charge in [0.2, 0.25) is 0 Å². The van der Waals surface area contributed by atoms with Crippen molar-refractivity contribution in [1.29, 1.82) is 0 Å². The Kier molecular flexibility index (Phi) is 4.33. The summed E-state index contributed by atoms with van der Waals surface area (Å²) in [6.07, 6.45) is 5.45. The van der Waals surface area contributed by atoms with Crippen LogP contribution in [0.25, 0.3) is 5.57 Å². The molecule has 132 valence electrons. The summed E-state index contributed by atoms with van der Waals surface area (Å²) in [6, 6.07) is 17.8. The van der Waals surface area contributed by atoms with Gasteiger partial charge in [0.05, 0.1) is 5.69 Å². The van der Waals surface area contributed by atoms with Crippen LogP contribution in [0.3, 0.4) is 0 Å². The predicted octanol–water partition coefficient (Wildman–Crippen LogP) is 4.38. The van der Waals surface area contributed by atoms with Gasteiger partial charge in [-0.1, -0.05) is 74.7 Å². The summed E-state index contributed by atoms with van der Waals surface area (Å²) in [5, 5.41) is 3.07. The van der Waals surface area contributed by atoms with Gasteiger partial charge in [0.25, 0.3) is 11.8 Å². The molecule has 0 saturated carbocycles. The highest BCUT2D eigenvalue weighted by molar-refractivity contribution is 6.17. The lowest BCUT2D eigenvalue weighted by Gasteiger charge is -2.32. The molecule has 2 amide bonds. The van der Waals surface area contributed by atoms with Gasteiger partial charge in [-0.3, -0.25) is 9.59 Å². The summed E-state index contributed by atoms with van der Waals surface area (Å²) in [6.45, 7) is 2.12. The Labute approximate surface area is 153 Å². The molecular weight excluding hydrogens is 324 g/mol. The highest BCUT2D eigenvalue weighted by atomic mass is 16.2. The summed E-state index contributed by atoms with van der Waals surface area (Å²) in [4.78, 5) is 25.9. The van der Waals surface area contributed by atoms with E-state index in [0.29, 0.717) is 6.42 Å². The van der Waals surface area contributed by atoms with Crippen LogP contribution < -0.4 is 5.01 Å². The van der Waals surface area contributed by atoms with E-state index in [1.54, 1.807) is 5.01 Å². The molecule has 1 saturated heterocycles. The molecule has 2 aliphatic heterocycles. The second-order valence-corrected chi connectivity index (χ2v) is 6.81. The zero-order chi connectivity index (χ0) is 18.1. The number of benzene rings is 2. The molecule has 2 heterocycles. The molecular formula is C22H22N2O2. The van der Waals surface area contributed by atoms with Crippen LogP contribution in [-0.4, -0.2) is 16.8 Å². The van der Waals surface area contributed by atoms with Crippen molar-refractivity contribution in [2.45, 2.75) is 32.6 Å².